The van der Waals surface area contributed by atoms with Crippen molar-refractivity contribution >= 4 is 51.2 Å². The summed E-state index contributed by atoms with van der Waals surface area (Å²) in [4.78, 5) is 23.5. The number of nitrogens with one attached hydrogen (secondary N) is 2. The van der Waals surface area contributed by atoms with Crippen molar-refractivity contribution in [1.82, 2.24) is 10.6 Å². The highest BCUT2D eigenvalue weighted by molar-refractivity contribution is 9.10. The molecule has 1 aliphatic rings. The van der Waals surface area contributed by atoms with E-state index in [1.807, 2.05) is 0 Å². The Kier molecular flexibility index (Phi) is 4.59. The van der Waals surface area contributed by atoms with Gasteiger partial charge in [-0.05, 0) is 37.4 Å². The van der Waals surface area contributed by atoms with Gasteiger partial charge in [-0.15, -0.1) is 0 Å². The molecule has 110 valence electrons. The highest BCUT2D eigenvalue weighted by atomic mass is 79.9. The summed E-state index contributed by atoms with van der Waals surface area (Å²) < 4.78 is 5.93. The Bertz CT molecular complexity index is 650. The number of carbonyl (C=O) groups is 2. The van der Waals surface area contributed by atoms with Gasteiger partial charge in [-0.25, -0.2) is 0 Å². The van der Waals surface area contributed by atoms with Gasteiger partial charge in [0.2, 0.25) is 0 Å². The molecule has 1 aromatic carbocycles. The van der Waals surface area contributed by atoms with Crippen molar-refractivity contribution in [3.8, 4) is 11.5 Å². The molecule has 0 aromatic heterocycles. The van der Waals surface area contributed by atoms with Crippen molar-refractivity contribution in [3.63, 3.8) is 0 Å². The van der Waals surface area contributed by atoms with Gasteiger partial charge in [0.05, 0.1) is 6.61 Å². The number of benzene rings is 1. The second kappa shape index (κ2) is 6.23. The number of hydrogen-bond acceptors (Lipinski definition) is 5. The van der Waals surface area contributed by atoms with Crippen LogP contribution in [-0.4, -0.2) is 28.6 Å². The first-order valence-electron chi connectivity index (χ1n) is 5.96. The summed E-state index contributed by atoms with van der Waals surface area (Å²) in [6.07, 6.45) is 1.27. The van der Waals surface area contributed by atoms with Crippen LogP contribution in [0.15, 0.2) is 22.2 Å². The molecule has 2 rings (SSSR count). The van der Waals surface area contributed by atoms with Gasteiger partial charge in [0, 0.05) is 10.0 Å². The lowest BCUT2D eigenvalue weighted by atomic mass is 10.1. The van der Waals surface area contributed by atoms with Crippen LogP contribution in [0, 0.1) is 0 Å². The average Bonchev–Trinajstić information content (AvgIpc) is 2.39. The molecular weight excluding hydrogens is 360 g/mol. The fourth-order valence-corrected chi connectivity index (χ4v) is 2.37. The van der Waals surface area contributed by atoms with Crippen molar-refractivity contribution in [2.75, 3.05) is 6.61 Å². The standard InChI is InChI=1S/C13H11BrN2O4S/c1-2-20-9-5-7(14)3-6(10(9)17)4-8-11(18)15-13(21)16-12(8)19/h3-5,17H,2H2,1H3,(H2,15,16,18,19,21). The fourth-order valence-electron chi connectivity index (χ4n) is 1.73. The molecule has 1 saturated heterocycles. The van der Waals surface area contributed by atoms with Gasteiger partial charge >= 0.3 is 0 Å². The Morgan fingerprint density at radius 3 is 2.52 bits per heavy atom. The predicted molar refractivity (Wildman–Crippen MR) is 83.8 cm³/mol. The summed E-state index contributed by atoms with van der Waals surface area (Å²) in [7, 11) is 0. The number of phenols is 1. The highest BCUT2D eigenvalue weighted by Gasteiger charge is 2.26. The smallest absolute Gasteiger partial charge is 0.263 e. The van der Waals surface area contributed by atoms with E-state index in [1.165, 1.54) is 6.08 Å². The largest absolute Gasteiger partial charge is 0.504 e. The molecule has 0 aliphatic carbocycles. The minimum absolute atomic E-state index is 0.0457. The second-order valence-corrected chi connectivity index (χ2v) is 5.39. The molecule has 1 fully saturated rings. The number of halogens is 1. The van der Waals surface area contributed by atoms with Gasteiger partial charge in [-0.3, -0.25) is 20.2 Å². The topological polar surface area (TPSA) is 87.7 Å². The monoisotopic (exact) mass is 370 g/mol. The van der Waals surface area contributed by atoms with Crippen LogP contribution < -0.4 is 15.4 Å². The maximum absolute atomic E-state index is 11.8. The normalized spacial score (nSPS) is 14.6. The SMILES string of the molecule is CCOc1cc(Br)cc(C=C2C(=O)NC(=S)NC2=O)c1O. The number of carbonyl (C=O) groups excluding carboxylic acids is 2. The number of hydrogen-bond donors (Lipinski definition) is 3. The van der Waals surface area contributed by atoms with E-state index >= 15 is 0 Å². The first-order valence-corrected chi connectivity index (χ1v) is 7.16. The lowest BCUT2D eigenvalue weighted by Gasteiger charge is -2.17. The van der Waals surface area contributed by atoms with Crippen LogP contribution in [0.3, 0.4) is 0 Å². The molecule has 0 spiro atoms. The van der Waals surface area contributed by atoms with E-state index in [0.29, 0.717) is 11.1 Å². The van der Waals surface area contributed by atoms with Crippen LogP contribution in [0.2, 0.25) is 0 Å². The van der Waals surface area contributed by atoms with Gasteiger partial charge in [0.25, 0.3) is 11.8 Å². The van der Waals surface area contributed by atoms with E-state index in [9.17, 15) is 14.7 Å². The molecule has 0 bridgehead atoms. The maximum Gasteiger partial charge on any atom is 0.263 e. The summed E-state index contributed by atoms with van der Waals surface area (Å²) in [6.45, 7) is 2.15. The molecule has 1 heterocycles. The van der Waals surface area contributed by atoms with E-state index in [0.717, 1.165) is 0 Å². The van der Waals surface area contributed by atoms with Gasteiger partial charge in [-0.1, -0.05) is 15.9 Å². The summed E-state index contributed by atoms with van der Waals surface area (Å²) >= 11 is 7.99. The maximum atomic E-state index is 11.8. The van der Waals surface area contributed by atoms with E-state index in [-0.39, 0.29) is 27.7 Å². The number of aromatic hydroxyl groups is 1. The van der Waals surface area contributed by atoms with Crippen LogP contribution in [0.1, 0.15) is 12.5 Å². The van der Waals surface area contributed by atoms with E-state index in [1.54, 1.807) is 19.1 Å². The molecule has 0 radical (unpaired) electrons. The highest BCUT2D eigenvalue weighted by Crippen LogP contribution is 2.35. The Labute approximate surface area is 134 Å². The van der Waals surface area contributed by atoms with Crippen molar-refractivity contribution in [2.24, 2.45) is 0 Å². The summed E-state index contributed by atoms with van der Waals surface area (Å²) in [5.74, 6) is -1.14. The minimum Gasteiger partial charge on any atom is -0.504 e. The summed E-state index contributed by atoms with van der Waals surface area (Å²) in [5, 5.41) is 14.7. The molecule has 1 aromatic rings. The Hall–Kier alpha value is -1.93. The molecule has 0 atom stereocenters. The molecule has 6 nitrogen and oxygen atoms in total. The molecule has 3 N–H and O–H groups in total. The van der Waals surface area contributed by atoms with Crippen LogP contribution in [0.4, 0.5) is 0 Å². The quantitative estimate of drug-likeness (QED) is 0.426. The first kappa shape index (κ1) is 15.5. The second-order valence-electron chi connectivity index (χ2n) is 4.07. The van der Waals surface area contributed by atoms with Crippen molar-refractivity contribution in [3.05, 3.63) is 27.7 Å². The number of rotatable bonds is 3. The van der Waals surface area contributed by atoms with Gasteiger partial charge in [0.1, 0.15) is 5.57 Å². The third kappa shape index (κ3) is 3.40. The molecular formula is C13H11BrN2O4S. The molecule has 21 heavy (non-hydrogen) atoms. The minimum atomic E-state index is -0.624. The zero-order valence-electron chi connectivity index (χ0n) is 10.9. The number of phenolic OH excluding ortho intramolecular Hbond substituents is 1. The van der Waals surface area contributed by atoms with Crippen LogP contribution in [0.25, 0.3) is 6.08 Å². The molecule has 8 heteroatoms. The Morgan fingerprint density at radius 1 is 1.33 bits per heavy atom. The van der Waals surface area contributed by atoms with Crippen LogP contribution >= 0.6 is 28.1 Å². The zero-order chi connectivity index (χ0) is 15.6. The Balaban J connectivity index is 2.47. The zero-order valence-corrected chi connectivity index (χ0v) is 13.3. The third-order valence-electron chi connectivity index (χ3n) is 2.61. The number of amides is 2. The lowest BCUT2D eigenvalue weighted by molar-refractivity contribution is -0.123. The Morgan fingerprint density at radius 2 is 1.95 bits per heavy atom. The van der Waals surface area contributed by atoms with Crippen molar-refractivity contribution < 1.29 is 19.4 Å². The van der Waals surface area contributed by atoms with Crippen molar-refractivity contribution in [1.29, 1.82) is 0 Å². The van der Waals surface area contributed by atoms with Crippen LogP contribution in [-0.2, 0) is 9.59 Å². The number of thiocarbonyl (C=S) groups is 1. The van der Waals surface area contributed by atoms with Crippen LogP contribution in [0.5, 0.6) is 11.5 Å². The molecule has 1 aliphatic heterocycles. The molecule has 2 amide bonds. The summed E-state index contributed by atoms with van der Waals surface area (Å²) in [6, 6.07) is 3.16. The van der Waals surface area contributed by atoms with Crippen molar-refractivity contribution in [2.45, 2.75) is 6.92 Å². The molecule has 0 saturated carbocycles. The van der Waals surface area contributed by atoms with E-state index in [4.69, 9.17) is 17.0 Å². The van der Waals surface area contributed by atoms with E-state index in [2.05, 4.69) is 26.6 Å². The predicted octanol–water partition coefficient (Wildman–Crippen LogP) is 1.47. The lowest BCUT2D eigenvalue weighted by Crippen LogP contribution is -2.51. The van der Waals surface area contributed by atoms with Gasteiger partial charge in [0.15, 0.2) is 16.6 Å². The first-order chi connectivity index (χ1) is 9.92. The van der Waals surface area contributed by atoms with Gasteiger partial charge < -0.3 is 9.84 Å². The summed E-state index contributed by atoms with van der Waals surface area (Å²) in [5.41, 5.74) is 0.125. The fraction of sp³-hybridized carbons (Fsp3) is 0.154. The van der Waals surface area contributed by atoms with Gasteiger partial charge in [-0.2, -0.15) is 0 Å². The third-order valence-corrected chi connectivity index (χ3v) is 3.27. The average molecular weight is 371 g/mol. The van der Waals surface area contributed by atoms with E-state index < -0.39 is 11.8 Å². The number of ether oxygens (including phenoxy) is 1. The molecule has 0 unspecified atom stereocenters.